The van der Waals surface area contributed by atoms with Gasteiger partial charge in [-0.2, -0.15) is 0 Å². The van der Waals surface area contributed by atoms with Crippen LogP contribution in [0.25, 0.3) is 0 Å². The van der Waals surface area contributed by atoms with Crippen molar-refractivity contribution in [3.63, 3.8) is 0 Å². The molecule has 1 N–H and O–H groups in total. The zero-order chi connectivity index (χ0) is 26.3. The Bertz CT molecular complexity index is 640. The smallest absolute Gasteiger partial charge is 0.439 e. The minimum atomic E-state index is -2.45. The Hall–Kier alpha value is -0.860. The molecule has 36 heavy (non-hydrogen) atoms. The van der Waals surface area contributed by atoms with Gasteiger partial charge in [0.25, 0.3) is 0 Å². The Balaban J connectivity index is 2.21. The summed E-state index contributed by atoms with van der Waals surface area (Å²) in [7, 11) is -2.45. The van der Waals surface area contributed by atoms with Crippen molar-refractivity contribution in [2.45, 2.75) is 156 Å². The van der Waals surface area contributed by atoms with Crippen molar-refractivity contribution >= 4 is 8.69 Å². The molecule has 0 aliphatic heterocycles. The van der Waals surface area contributed by atoms with Gasteiger partial charge < -0.3 is 9.63 Å². The topological polar surface area (TPSA) is 38.7 Å². The molecule has 0 saturated heterocycles. The number of benzene rings is 1. The van der Waals surface area contributed by atoms with E-state index in [0.717, 1.165) is 37.7 Å². The molecule has 3 nitrogen and oxygen atoms in total. The third kappa shape index (κ3) is 17.6. The summed E-state index contributed by atoms with van der Waals surface area (Å²) in [6.07, 6.45) is 26.0. The van der Waals surface area contributed by atoms with E-state index in [1.54, 1.807) is 12.1 Å². The number of hydrogen-bond acceptors (Lipinski definition) is 3. The number of phenols is 1. The SMILES string of the molecule is CCCCCCCCCCCCOP(F)Oc1cc(C)c(O)cc1CCCCCCCCCCCC. The highest BCUT2D eigenvalue weighted by Gasteiger charge is 2.16. The lowest BCUT2D eigenvalue weighted by atomic mass is 10.0. The summed E-state index contributed by atoms with van der Waals surface area (Å²) in [5, 5.41) is 10.2. The molecule has 0 radical (unpaired) electrons. The van der Waals surface area contributed by atoms with Gasteiger partial charge in [0, 0.05) is 0 Å². The predicted molar refractivity (Wildman–Crippen MR) is 155 cm³/mol. The van der Waals surface area contributed by atoms with Crippen LogP contribution in [-0.2, 0) is 10.9 Å². The van der Waals surface area contributed by atoms with E-state index in [1.165, 1.54) is 103 Å². The van der Waals surface area contributed by atoms with Crippen LogP contribution in [0.1, 0.15) is 153 Å². The monoisotopic (exact) mass is 526 g/mol. The van der Waals surface area contributed by atoms with Crippen molar-refractivity contribution in [2.75, 3.05) is 6.61 Å². The molecule has 0 amide bonds. The molecule has 0 fully saturated rings. The van der Waals surface area contributed by atoms with E-state index in [0.29, 0.717) is 17.9 Å². The Morgan fingerprint density at radius 3 is 1.61 bits per heavy atom. The second-order valence-electron chi connectivity index (χ2n) is 10.5. The van der Waals surface area contributed by atoms with Crippen LogP contribution in [0.3, 0.4) is 0 Å². The van der Waals surface area contributed by atoms with Crippen LogP contribution >= 0.6 is 8.69 Å². The number of aromatic hydroxyl groups is 1. The van der Waals surface area contributed by atoms with Gasteiger partial charge in [0.2, 0.25) is 0 Å². The van der Waals surface area contributed by atoms with Crippen molar-refractivity contribution in [3.8, 4) is 11.5 Å². The number of hydrogen-bond donors (Lipinski definition) is 1. The quantitative estimate of drug-likeness (QED) is 0.102. The van der Waals surface area contributed by atoms with Gasteiger partial charge in [-0.25, -0.2) is 0 Å². The van der Waals surface area contributed by atoms with Gasteiger partial charge in [-0.05, 0) is 49.4 Å². The number of phenolic OH excluding ortho intramolecular Hbond substituents is 1. The minimum absolute atomic E-state index is 0.249. The lowest BCUT2D eigenvalue weighted by Gasteiger charge is -2.15. The predicted octanol–water partition coefficient (Wildman–Crippen LogP) is 11.7. The molecule has 1 unspecified atom stereocenters. The van der Waals surface area contributed by atoms with Crippen LogP contribution in [0, 0.1) is 6.92 Å². The summed E-state index contributed by atoms with van der Waals surface area (Å²) in [6.45, 7) is 6.73. The Kier molecular flexibility index (Phi) is 21.4. The average molecular weight is 527 g/mol. The highest BCUT2D eigenvalue weighted by atomic mass is 31.2. The number of halogens is 1. The summed E-state index contributed by atoms with van der Waals surface area (Å²) in [5.41, 5.74) is 1.58. The molecular formula is C31H56FO3P. The second kappa shape index (κ2) is 23.3. The van der Waals surface area contributed by atoms with E-state index in [9.17, 15) is 9.30 Å². The minimum Gasteiger partial charge on any atom is -0.508 e. The maximum Gasteiger partial charge on any atom is 0.439 e. The Labute approximate surface area is 224 Å². The molecular weight excluding hydrogens is 470 g/mol. The van der Waals surface area contributed by atoms with Crippen LogP contribution in [-0.4, -0.2) is 11.7 Å². The fraction of sp³-hybridized carbons (Fsp3) is 0.806. The molecule has 0 spiro atoms. The zero-order valence-corrected chi connectivity index (χ0v) is 24.7. The first-order valence-electron chi connectivity index (χ1n) is 15.2. The third-order valence-corrected chi connectivity index (χ3v) is 7.77. The fourth-order valence-corrected chi connectivity index (χ4v) is 5.28. The first-order valence-corrected chi connectivity index (χ1v) is 16.2. The maximum absolute atomic E-state index is 14.5. The molecule has 0 heterocycles. The molecule has 0 saturated carbocycles. The van der Waals surface area contributed by atoms with Crippen molar-refractivity contribution in [1.82, 2.24) is 0 Å². The molecule has 0 aliphatic rings. The van der Waals surface area contributed by atoms with Crippen molar-refractivity contribution in [2.24, 2.45) is 0 Å². The van der Waals surface area contributed by atoms with Crippen LogP contribution in [0.15, 0.2) is 12.1 Å². The molecule has 0 aromatic heterocycles. The number of aryl methyl sites for hydroxylation is 2. The second-order valence-corrected chi connectivity index (χ2v) is 11.4. The van der Waals surface area contributed by atoms with Crippen molar-refractivity contribution in [3.05, 3.63) is 23.3 Å². The zero-order valence-electron chi connectivity index (χ0n) is 23.8. The van der Waals surface area contributed by atoms with Crippen molar-refractivity contribution < 1.29 is 18.4 Å². The molecule has 1 rings (SSSR count). The molecule has 5 heteroatoms. The highest BCUT2D eigenvalue weighted by Crippen LogP contribution is 2.43. The van der Waals surface area contributed by atoms with E-state index in [1.807, 2.05) is 6.92 Å². The largest absolute Gasteiger partial charge is 0.508 e. The molecule has 210 valence electrons. The van der Waals surface area contributed by atoms with Crippen molar-refractivity contribution in [1.29, 1.82) is 0 Å². The van der Waals surface area contributed by atoms with Gasteiger partial charge in [-0.15, -0.1) is 4.20 Å². The van der Waals surface area contributed by atoms with Gasteiger partial charge in [-0.1, -0.05) is 129 Å². The lowest BCUT2D eigenvalue weighted by Crippen LogP contribution is -1.97. The molecule has 0 bridgehead atoms. The molecule has 0 aliphatic carbocycles. The summed E-state index contributed by atoms with van der Waals surface area (Å²) >= 11 is 0. The standard InChI is InChI=1S/C31H56FO3P/c1-4-6-8-10-12-14-16-18-20-22-24-29-27-30(33)28(3)26-31(29)35-36(32)34-25-23-21-19-17-15-13-11-9-7-5-2/h26-27,33H,4-25H2,1-3H3. The van der Waals surface area contributed by atoms with Crippen LogP contribution in [0.5, 0.6) is 11.5 Å². The van der Waals surface area contributed by atoms with Crippen LogP contribution in [0.4, 0.5) is 4.20 Å². The summed E-state index contributed by atoms with van der Waals surface area (Å²) in [4.78, 5) is 0. The third-order valence-electron chi connectivity index (χ3n) is 7.04. The van der Waals surface area contributed by atoms with Gasteiger partial charge >= 0.3 is 8.69 Å². The molecule has 1 aromatic rings. The normalized spacial score (nSPS) is 12.2. The highest BCUT2D eigenvalue weighted by molar-refractivity contribution is 7.41. The Morgan fingerprint density at radius 2 is 1.11 bits per heavy atom. The van der Waals surface area contributed by atoms with Gasteiger partial charge in [0.1, 0.15) is 11.5 Å². The maximum atomic E-state index is 14.5. The van der Waals surface area contributed by atoms with E-state index in [4.69, 9.17) is 9.05 Å². The van der Waals surface area contributed by atoms with E-state index in [2.05, 4.69) is 13.8 Å². The van der Waals surface area contributed by atoms with Gasteiger partial charge in [-0.3, -0.25) is 4.52 Å². The van der Waals surface area contributed by atoms with Crippen LogP contribution in [0.2, 0.25) is 0 Å². The number of unbranched alkanes of at least 4 members (excludes halogenated alkanes) is 18. The van der Waals surface area contributed by atoms with E-state index < -0.39 is 8.69 Å². The Morgan fingerprint density at radius 1 is 0.667 bits per heavy atom. The summed E-state index contributed by atoms with van der Waals surface area (Å²) < 4.78 is 25.4. The lowest BCUT2D eigenvalue weighted by molar-refractivity contribution is 0.277. The molecule has 1 aromatic carbocycles. The van der Waals surface area contributed by atoms with E-state index >= 15 is 0 Å². The van der Waals surface area contributed by atoms with Gasteiger partial charge in [0.15, 0.2) is 0 Å². The van der Waals surface area contributed by atoms with Gasteiger partial charge in [0.05, 0.1) is 6.61 Å². The average Bonchev–Trinajstić information content (AvgIpc) is 2.86. The molecule has 1 atom stereocenters. The summed E-state index contributed by atoms with van der Waals surface area (Å²) in [5.74, 6) is 0.775. The first-order chi connectivity index (χ1) is 17.6. The fourth-order valence-electron chi connectivity index (χ4n) is 4.63. The first kappa shape index (κ1) is 33.2. The summed E-state index contributed by atoms with van der Waals surface area (Å²) in [6, 6.07) is 3.49. The van der Waals surface area contributed by atoms with E-state index in [-0.39, 0.29) is 5.75 Å². The number of rotatable bonds is 25. The van der Waals surface area contributed by atoms with Crippen LogP contribution < -0.4 is 4.52 Å².